The molecule has 2 N–H and O–H groups in total. The molecule has 10 nitrogen and oxygen atoms in total. The Balaban J connectivity index is 1.18. The molecule has 0 atom stereocenters. The minimum Gasteiger partial charge on any atom is -0.378 e. The summed E-state index contributed by atoms with van der Waals surface area (Å²) in [4.78, 5) is 22.9. The molecule has 0 spiro atoms. The van der Waals surface area contributed by atoms with Crippen LogP contribution in [0.2, 0.25) is 0 Å². The normalized spacial score (nSPS) is 13.7. The first kappa shape index (κ1) is 22.3. The van der Waals surface area contributed by atoms with E-state index in [1.807, 2.05) is 41.3 Å². The molecule has 4 heterocycles. The van der Waals surface area contributed by atoms with E-state index in [0.29, 0.717) is 37.8 Å². The van der Waals surface area contributed by atoms with Gasteiger partial charge in [-0.15, -0.1) is 0 Å². The zero-order valence-electron chi connectivity index (χ0n) is 18.7. The Bertz CT molecular complexity index is 1280. The number of aromatic nitrogens is 5. The zero-order chi connectivity index (χ0) is 23.9. The molecular formula is C24H22FN9O. The van der Waals surface area contributed by atoms with Gasteiger partial charge < -0.3 is 15.0 Å². The van der Waals surface area contributed by atoms with E-state index in [1.165, 1.54) is 0 Å². The second-order valence-corrected chi connectivity index (χ2v) is 7.58. The van der Waals surface area contributed by atoms with Crippen molar-refractivity contribution in [2.75, 3.05) is 41.9 Å². The standard InChI is InChI=1S/C24H22FN9O/c25-21-16-29-24(32-23(21)34-10-12-35-13-11-34)33-30-15-19-6-7-20(14-28-19)31-18-4-2-17(3-5-18)22-26-8-1-9-27-22/h1-9,14-16,31H,10-13H2,(H,29,32,33)/b30-15+. The predicted octanol–water partition coefficient (Wildman–Crippen LogP) is 3.49. The first-order valence-electron chi connectivity index (χ1n) is 11.0. The number of ether oxygens (including phenoxy) is 1. The monoisotopic (exact) mass is 471 g/mol. The SMILES string of the molecule is Fc1cnc(N/N=C/c2ccc(Nc3ccc(-c4ncccn4)cc3)cn2)nc1N1CCOCC1. The molecule has 1 saturated heterocycles. The van der Waals surface area contributed by atoms with Crippen LogP contribution in [0.4, 0.5) is 27.5 Å². The van der Waals surface area contributed by atoms with Gasteiger partial charge in [-0.05, 0) is 42.5 Å². The van der Waals surface area contributed by atoms with Crippen LogP contribution < -0.4 is 15.6 Å². The lowest BCUT2D eigenvalue weighted by Gasteiger charge is -2.27. The summed E-state index contributed by atoms with van der Waals surface area (Å²) in [5, 5.41) is 7.42. The molecule has 0 radical (unpaired) electrons. The number of hydrogen-bond acceptors (Lipinski definition) is 10. The van der Waals surface area contributed by atoms with Crippen molar-refractivity contribution >= 4 is 29.4 Å². The Morgan fingerprint density at radius 3 is 2.43 bits per heavy atom. The molecule has 0 amide bonds. The van der Waals surface area contributed by atoms with Gasteiger partial charge in [-0.3, -0.25) is 4.98 Å². The molecule has 1 fully saturated rings. The van der Waals surface area contributed by atoms with Crippen LogP contribution in [0.25, 0.3) is 11.4 Å². The molecule has 5 rings (SSSR count). The van der Waals surface area contributed by atoms with Gasteiger partial charge in [0, 0.05) is 36.7 Å². The third-order valence-corrected chi connectivity index (χ3v) is 5.18. The fourth-order valence-corrected chi connectivity index (χ4v) is 3.44. The topological polar surface area (TPSA) is 113 Å². The number of hydrazone groups is 1. The molecule has 0 saturated carbocycles. The van der Waals surface area contributed by atoms with E-state index in [2.05, 4.69) is 40.8 Å². The summed E-state index contributed by atoms with van der Waals surface area (Å²) >= 11 is 0. The maximum atomic E-state index is 14.1. The molecule has 11 heteroatoms. The van der Waals surface area contributed by atoms with Gasteiger partial charge in [-0.2, -0.15) is 10.1 Å². The number of benzene rings is 1. The van der Waals surface area contributed by atoms with Crippen molar-refractivity contribution in [3.8, 4) is 11.4 Å². The minimum atomic E-state index is -0.478. The van der Waals surface area contributed by atoms with Gasteiger partial charge in [0.05, 0.1) is 43.2 Å². The van der Waals surface area contributed by atoms with Crippen molar-refractivity contribution in [2.24, 2.45) is 5.10 Å². The highest BCUT2D eigenvalue weighted by Crippen LogP contribution is 2.21. The first-order chi connectivity index (χ1) is 17.2. The smallest absolute Gasteiger partial charge is 0.245 e. The second-order valence-electron chi connectivity index (χ2n) is 7.58. The van der Waals surface area contributed by atoms with Crippen molar-refractivity contribution in [3.63, 3.8) is 0 Å². The van der Waals surface area contributed by atoms with Gasteiger partial charge in [-0.1, -0.05) is 0 Å². The number of nitrogens with zero attached hydrogens (tertiary/aromatic N) is 7. The summed E-state index contributed by atoms with van der Waals surface area (Å²) in [6, 6.07) is 13.3. The summed E-state index contributed by atoms with van der Waals surface area (Å²) in [5.41, 5.74) is 6.05. The molecule has 3 aromatic heterocycles. The zero-order valence-corrected chi connectivity index (χ0v) is 18.7. The van der Waals surface area contributed by atoms with E-state index in [-0.39, 0.29) is 11.8 Å². The van der Waals surface area contributed by atoms with Crippen LogP contribution in [-0.4, -0.2) is 57.4 Å². The van der Waals surface area contributed by atoms with Gasteiger partial charge >= 0.3 is 0 Å². The van der Waals surface area contributed by atoms with Gasteiger partial charge in [-0.25, -0.2) is 24.8 Å². The predicted molar refractivity (Wildman–Crippen MR) is 131 cm³/mol. The number of rotatable bonds is 7. The molecule has 0 bridgehead atoms. The molecule has 35 heavy (non-hydrogen) atoms. The van der Waals surface area contributed by atoms with Gasteiger partial charge in [0.2, 0.25) is 5.95 Å². The van der Waals surface area contributed by atoms with Crippen LogP contribution in [0.5, 0.6) is 0 Å². The number of pyridine rings is 1. The minimum absolute atomic E-state index is 0.201. The Morgan fingerprint density at radius 1 is 0.914 bits per heavy atom. The lowest BCUT2D eigenvalue weighted by molar-refractivity contribution is 0.122. The Labute approximate surface area is 201 Å². The van der Waals surface area contributed by atoms with E-state index < -0.39 is 5.82 Å². The van der Waals surface area contributed by atoms with Crippen LogP contribution in [0.3, 0.4) is 0 Å². The summed E-state index contributed by atoms with van der Waals surface area (Å²) in [5.74, 6) is 0.640. The highest BCUT2D eigenvalue weighted by molar-refractivity contribution is 5.78. The lowest BCUT2D eigenvalue weighted by Crippen LogP contribution is -2.37. The molecule has 176 valence electrons. The van der Waals surface area contributed by atoms with Crippen LogP contribution in [0, 0.1) is 5.82 Å². The fourth-order valence-electron chi connectivity index (χ4n) is 3.44. The van der Waals surface area contributed by atoms with Crippen molar-refractivity contribution < 1.29 is 9.13 Å². The highest BCUT2D eigenvalue weighted by atomic mass is 19.1. The summed E-state index contributed by atoms with van der Waals surface area (Å²) in [6.07, 6.45) is 7.82. The third kappa shape index (κ3) is 5.71. The third-order valence-electron chi connectivity index (χ3n) is 5.18. The number of morpholine rings is 1. The number of halogens is 1. The fraction of sp³-hybridized carbons (Fsp3) is 0.167. The summed E-state index contributed by atoms with van der Waals surface area (Å²) in [6.45, 7) is 2.22. The Hall–Kier alpha value is -4.51. The van der Waals surface area contributed by atoms with E-state index >= 15 is 0 Å². The second kappa shape index (κ2) is 10.6. The Kier molecular flexibility index (Phi) is 6.76. The van der Waals surface area contributed by atoms with Gasteiger partial charge in [0.15, 0.2) is 17.5 Å². The van der Waals surface area contributed by atoms with Crippen molar-refractivity contribution in [2.45, 2.75) is 0 Å². The average Bonchev–Trinajstić information content (AvgIpc) is 2.92. The summed E-state index contributed by atoms with van der Waals surface area (Å²) < 4.78 is 19.4. The van der Waals surface area contributed by atoms with Crippen LogP contribution in [0.15, 0.2) is 72.4 Å². The molecular weight excluding hydrogens is 449 g/mol. The van der Waals surface area contributed by atoms with Crippen LogP contribution in [-0.2, 0) is 4.74 Å². The molecule has 0 aliphatic carbocycles. The average molecular weight is 472 g/mol. The van der Waals surface area contributed by atoms with E-state index in [1.54, 1.807) is 30.9 Å². The van der Waals surface area contributed by atoms with Crippen molar-refractivity contribution in [1.82, 2.24) is 24.9 Å². The lowest BCUT2D eigenvalue weighted by atomic mass is 10.2. The molecule has 1 aliphatic heterocycles. The maximum Gasteiger partial charge on any atom is 0.245 e. The number of nitrogens with one attached hydrogen (secondary N) is 2. The largest absolute Gasteiger partial charge is 0.378 e. The van der Waals surface area contributed by atoms with Crippen molar-refractivity contribution in [1.29, 1.82) is 0 Å². The molecule has 0 unspecified atom stereocenters. The highest BCUT2D eigenvalue weighted by Gasteiger charge is 2.17. The number of anilines is 4. The quantitative estimate of drug-likeness (QED) is 0.309. The van der Waals surface area contributed by atoms with Gasteiger partial charge in [0.1, 0.15) is 0 Å². The van der Waals surface area contributed by atoms with Crippen LogP contribution in [0.1, 0.15) is 5.69 Å². The van der Waals surface area contributed by atoms with E-state index in [4.69, 9.17) is 4.74 Å². The van der Waals surface area contributed by atoms with Gasteiger partial charge in [0.25, 0.3) is 0 Å². The van der Waals surface area contributed by atoms with Crippen LogP contribution >= 0.6 is 0 Å². The Morgan fingerprint density at radius 2 is 1.69 bits per heavy atom. The molecule has 1 aliphatic rings. The van der Waals surface area contributed by atoms with E-state index in [9.17, 15) is 4.39 Å². The van der Waals surface area contributed by atoms with E-state index in [0.717, 1.165) is 23.1 Å². The van der Waals surface area contributed by atoms with Crippen molar-refractivity contribution in [3.05, 3.63) is 78.8 Å². The summed E-state index contributed by atoms with van der Waals surface area (Å²) in [7, 11) is 0. The molecule has 1 aromatic carbocycles. The number of hydrogen-bond donors (Lipinski definition) is 2. The first-order valence-corrected chi connectivity index (χ1v) is 11.0. The molecule has 4 aromatic rings. The maximum absolute atomic E-state index is 14.1.